The predicted octanol–water partition coefficient (Wildman–Crippen LogP) is 3.18. The lowest BCUT2D eigenvalue weighted by molar-refractivity contribution is 0.749. The zero-order valence-electron chi connectivity index (χ0n) is 10.2. The number of hydrogen-bond acceptors (Lipinski definition) is 2. The van der Waals surface area contributed by atoms with Crippen molar-refractivity contribution in [1.82, 2.24) is 19.7 Å². The smallest absolute Gasteiger partial charge is 0.156 e. The Kier molecular flexibility index (Phi) is 2.59. The van der Waals surface area contributed by atoms with Crippen molar-refractivity contribution >= 4 is 22.6 Å². The number of imidazole rings is 1. The van der Waals surface area contributed by atoms with E-state index >= 15 is 0 Å². The Morgan fingerprint density at radius 2 is 2.17 bits per heavy atom. The van der Waals surface area contributed by atoms with Crippen molar-refractivity contribution in [2.24, 2.45) is 7.05 Å². The molecule has 0 aliphatic rings. The summed E-state index contributed by atoms with van der Waals surface area (Å²) in [5, 5.41) is 5.13. The maximum Gasteiger partial charge on any atom is 0.156 e. The highest BCUT2D eigenvalue weighted by Crippen LogP contribution is 2.23. The van der Waals surface area contributed by atoms with E-state index in [4.69, 9.17) is 11.6 Å². The van der Waals surface area contributed by atoms with E-state index in [9.17, 15) is 0 Å². The minimum atomic E-state index is 0.706. The number of nitrogens with zero attached hydrogens (tertiary/aromatic N) is 3. The molecule has 0 atom stereocenters. The molecule has 2 aromatic heterocycles. The predicted molar refractivity (Wildman–Crippen MR) is 72.7 cm³/mol. The van der Waals surface area contributed by atoms with Crippen LogP contribution in [0.1, 0.15) is 12.6 Å². The van der Waals surface area contributed by atoms with Crippen molar-refractivity contribution in [3.05, 3.63) is 35.0 Å². The van der Waals surface area contributed by atoms with Gasteiger partial charge in [0.1, 0.15) is 5.69 Å². The number of aromatic nitrogens is 4. The lowest BCUT2D eigenvalue weighted by Crippen LogP contribution is -1.95. The van der Waals surface area contributed by atoms with Gasteiger partial charge in [-0.05, 0) is 30.7 Å². The van der Waals surface area contributed by atoms with Gasteiger partial charge >= 0.3 is 0 Å². The highest BCUT2D eigenvalue weighted by Gasteiger charge is 2.11. The van der Waals surface area contributed by atoms with E-state index in [1.54, 1.807) is 0 Å². The van der Waals surface area contributed by atoms with Gasteiger partial charge < -0.3 is 4.98 Å². The molecule has 0 amide bonds. The van der Waals surface area contributed by atoms with E-state index in [-0.39, 0.29) is 0 Å². The highest BCUT2D eigenvalue weighted by molar-refractivity contribution is 6.31. The third-order valence-corrected chi connectivity index (χ3v) is 3.21. The molecule has 0 unspecified atom stereocenters. The van der Waals surface area contributed by atoms with Crippen molar-refractivity contribution in [3.63, 3.8) is 0 Å². The highest BCUT2D eigenvalue weighted by atomic mass is 35.5. The van der Waals surface area contributed by atoms with E-state index in [0.29, 0.717) is 5.02 Å². The zero-order chi connectivity index (χ0) is 12.7. The molecule has 2 heterocycles. The van der Waals surface area contributed by atoms with Gasteiger partial charge in [0.05, 0.1) is 16.7 Å². The Balaban J connectivity index is 2.15. The first-order valence-corrected chi connectivity index (χ1v) is 6.23. The first-order chi connectivity index (χ1) is 8.67. The standard InChI is InChI=1S/C13H13ClN4/c1-3-9-7-12(18(2)17-9)13-15-10-5-4-8(14)6-11(10)16-13/h4-7H,3H2,1-2H3,(H,15,16). The molecule has 0 saturated heterocycles. The molecule has 0 aliphatic heterocycles. The third kappa shape index (κ3) is 1.78. The number of halogens is 1. The molecule has 1 N–H and O–H groups in total. The molecule has 0 bridgehead atoms. The molecule has 3 rings (SSSR count). The van der Waals surface area contributed by atoms with Gasteiger partial charge in [0, 0.05) is 12.1 Å². The van der Waals surface area contributed by atoms with Crippen LogP contribution in [0.3, 0.4) is 0 Å². The SMILES string of the molecule is CCc1cc(-c2nc3ccc(Cl)cc3[nH]2)n(C)n1. The van der Waals surface area contributed by atoms with Crippen LogP contribution in [0.15, 0.2) is 24.3 Å². The second kappa shape index (κ2) is 4.14. The number of hydrogen-bond donors (Lipinski definition) is 1. The van der Waals surface area contributed by atoms with E-state index in [0.717, 1.165) is 34.7 Å². The number of rotatable bonds is 2. The summed E-state index contributed by atoms with van der Waals surface area (Å²) >= 11 is 5.97. The molecule has 0 spiro atoms. The Hall–Kier alpha value is -1.81. The van der Waals surface area contributed by atoms with Crippen molar-refractivity contribution < 1.29 is 0 Å². The minimum Gasteiger partial charge on any atom is -0.337 e. The average Bonchev–Trinajstić information content (AvgIpc) is 2.91. The minimum absolute atomic E-state index is 0.706. The van der Waals surface area contributed by atoms with Gasteiger partial charge in [-0.25, -0.2) is 4.98 Å². The molecule has 3 aromatic rings. The lowest BCUT2D eigenvalue weighted by Gasteiger charge is -1.95. The second-order valence-corrected chi connectivity index (χ2v) is 4.68. The summed E-state index contributed by atoms with van der Waals surface area (Å²) in [5.41, 5.74) is 3.90. The van der Waals surface area contributed by atoms with Crippen LogP contribution in [0.4, 0.5) is 0 Å². The van der Waals surface area contributed by atoms with Crippen LogP contribution in [-0.2, 0) is 13.5 Å². The maximum atomic E-state index is 5.97. The van der Waals surface area contributed by atoms with E-state index in [2.05, 4.69) is 28.1 Å². The van der Waals surface area contributed by atoms with Crippen LogP contribution in [-0.4, -0.2) is 19.7 Å². The summed E-state index contributed by atoms with van der Waals surface area (Å²) in [7, 11) is 1.93. The molecule has 92 valence electrons. The second-order valence-electron chi connectivity index (χ2n) is 4.24. The Morgan fingerprint density at radius 1 is 1.33 bits per heavy atom. The largest absolute Gasteiger partial charge is 0.337 e. The Morgan fingerprint density at radius 3 is 2.89 bits per heavy atom. The number of fused-ring (bicyclic) bond motifs is 1. The molecule has 1 aromatic carbocycles. The molecule has 5 heteroatoms. The van der Waals surface area contributed by atoms with Crippen LogP contribution in [0, 0.1) is 0 Å². The van der Waals surface area contributed by atoms with Crippen LogP contribution >= 0.6 is 11.6 Å². The topological polar surface area (TPSA) is 46.5 Å². The molecule has 0 fully saturated rings. The molecule has 0 saturated carbocycles. The molecule has 4 nitrogen and oxygen atoms in total. The summed E-state index contributed by atoms with van der Waals surface area (Å²) < 4.78 is 1.85. The summed E-state index contributed by atoms with van der Waals surface area (Å²) in [6, 6.07) is 7.69. The Bertz CT molecular complexity index is 711. The molecule has 0 aliphatic carbocycles. The number of nitrogens with one attached hydrogen (secondary N) is 1. The van der Waals surface area contributed by atoms with Gasteiger partial charge in [-0.15, -0.1) is 0 Å². The lowest BCUT2D eigenvalue weighted by atomic mass is 10.3. The zero-order valence-corrected chi connectivity index (χ0v) is 11.0. The average molecular weight is 261 g/mol. The summed E-state index contributed by atoms with van der Waals surface area (Å²) in [5.74, 6) is 0.821. The van der Waals surface area contributed by atoms with Crippen molar-refractivity contribution in [1.29, 1.82) is 0 Å². The fourth-order valence-corrected chi connectivity index (χ4v) is 2.20. The summed E-state index contributed by atoms with van der Waals surface area (Å²) in [6.07, 6.45) is 0.917. The van der Waals surface area contributed by atoms with Crippen molar-refractivity contribution in [2.45, 2.75) is 13.3 Å². The van der Waals surface area contributed by atoms with Gasteiger partial charge in [-0.3, -0.25) is 4.68 Å². The molecular formula is C13H13ClN4. The van der Waals surface area contributed by atoms with Gasteiger partial charge in [0.15, 0.2) is 5.82 Å². The van der Waals surface area contributed by atoms with E-state index < -0.39 is 0 Å². The number of H-pyrrole nitrogens is 1. The van der Waals surface area contributed by atoms with Gasteiger partial charge in [-0.2, -0.15) is 5.10 Å². The molecule has 18 heavy (non-hydrogen) atoms. The number of aromatic amines is 1. The summed E-state index contributed by atoms with van der Waals surface area (Å²) in [4.78, 5) is 7.83. The number of aryl methyl sites for hydroxylation is 2. The van der Waals surface area contributed by atoms with Crippen LogP contribution in [0.25, 0.3) is 22.6 Å². The van der Waals surface area contributed by atoms with Crippen LogP contribution in [0.2, 0.25) is 5.02 Å². The molecular weight excluding hydrogens is 248 g/mol. The number of benzene rings is 1. The fraction of sp³-hybridized carbons (Fsp3) is 0.231. The van der Waals surface area contributed by atoms with Gasteiger partial charge in [0.2, 0.25) is 0 Å². The first kappa shape index (κ1) is 11.3. The van der Waals surface area contributed by atoms with E-state index in [1.807, 2.05) is 29.9 Å². The normalized spacial score (nSPS) is 11.3. The van der Waals surface area contributed by atoms with Crippen LogP contribution in [0.5, 0.6) is 0 Å². The van der Waals surface area contributed by atoms with Gasteiger partial charge in [-0.1, -0.05) is 18.5 Å². The quantitative estimate of drug-likeness (QED) is 0.769. The van der Waals surface area contributed by atoms with Crippen molar-refractivity contribution in [2.75, 3.05) is 0 Å². The van der Waals surface area contributed by atoms with Crippen LogP contribution < -0.4 is 0 Å². The van der Waals surface area contributed by atoms with Crippen molar-refractivity contribution in [3.8, 4) is 11.5 Å². The molecule has 0 radical (unpaired) electrons. The maximum absolute atomic E-state index is 5.97. The summed E-state index contributed by atoms with van der Waals surface area (Å²) in [6.45, 7) is 2.09. The monoisotopic (exact) mass is 260 g/mol. The van der Waals surface area contributed by atoms with E-state index in [1.165, 1.54) is 0 Å². The Labute approximate surface area is 110 Å². The fourth-order valence-electron chi connectivity index (χ4n) is 2.02. The third-order valence-electron chi connectivity index (χ3n) is 2.98. The first-order valence-electron chi connectivity index (χ1n) is 5.86. The van der Waals surface area contributed by atoms with Gasteiger partial charge in [0.25, 0.3) is 0 Å².